The molecule has 1 fully saturated rings. The van der Waals surface area contributed by atoms with E-state index in [1.54, 1.807) is 12.1 Å². The number of hydrogen-bond acceptors (Lipinski definition) is 3. The molecule has 1 aliphatic rings. The molecule has 1 aromatic heterocycles. The van der Waals surface area contributed by atoms with Crippen LogP contribution in [0.2, 0.25) is 0 Å². The number of nitrogens with one attached hydrogen (secondary N) is 1. The summed E-state index contributed by atoms with van der Waals surface area (Å²) in [4.78, 5) is 15.3. The molecule has 5 nitrogen and oxygen atoms in total. The minimum atomic E-state index is -0.890. The SMILES string of the molecule is Cn1ccnc1C(NCc1ccc(C(=O)O)cc1)C1CC1. The molecule has 5 heteroatoms. The van der Waals surface area contributed by atoms with Gasteiger partial charge in [-0.25, -0.2) is 9.78 Å². The van der Waals surface area contributed by atoms with E-state index >= 15 is 0 Å². The van der Waals surface area contributed by atoms with Gasteiger partial charge in [-0.05, 0) is 36.5 Å². The predicted molar refractivity (Wildman–Crippen MR) is 78.9 cm³/mol. The fraction of sp³-hybridized carbons (Fsp3) is 0.375. The van der Waals surface area contributed by atoms with Crippen molar-refractivity contribution >= 4 is 5.97 Å². The summed E-state index contributed by atoms with van der Waals surface area (Å²) < 4.78 is 2.06. The highest BCUT2D eigenvalue weighted by molar-refractivity contribution is 5.87. The Morgan fingerprint density at radius 2 is 2.14 bits per heavy atom. The molecule has 0 amide bonds. The third-order valence-corrected chi connectivity index (χ3v) is 3.96. The van der Waals surface area contributed by atoms with Crippen LogP contribution in [-0.4, -0.2) is 20.6 Å². The lowest BCUT2D eigenvalue weighted by molar-refractivity contribution is 0.0697. The van der Waals surface area contributed by atoms with Gasteiger partial charge in [-0.2, -0.15) is 0 Å². The molecule has 0 spiro atoms. The van der Waals surface area contributed by atoms with E-state index in [1.807, 2.05) is 31.6 Å². The highest BCUT2D eigenvalue weighted by Gasteiger charge is 2.34. The first-order chi connectivity index (χ1) is 10.1. The van der Waals surface area contributed by atoms with Gasteiger partial charge in [0, 0.05) is 26.0 Å². The Bertz CT molecular complexity index is 629. The second-order valence-corrected chi connectivity index (χ2v) is 5.59. The number of carboxylic acid groups (broad SMARTS) is 1. The van der Waals surface area contributed by atoms with E-state index in [9.17, 15) is 4.79 Å². The molecule has 0 bridgehead atoms. The first kappa shape index (κ1) is 13.8. The van der Waals surface area contributed by atoms with E-state index in [0.29, 0.717) is 18.0 Å². The molecule has 1 saturated carbocycles. The number of nitrogens with zero attached hydrogens (tertiary/aromatic N) is 2. The van der Waals surface area contributed by atoms with Gasteiger partial charge in [-0.1, -0.05) is 12.1 Å². The van der Waals surface area contributed by atoms with Crippen molar-refractivity contribution in [2.24, 2.45) is 13.0 Å². The molecule has 1 aromatic carbocycles. The summed E-state index contributed by atoms with van der Waals surface area (Å²) >= 11 is 0. The number of hydrogen-bond donors (Lipinski definition) is 2. The van der Waals surface area contributed by atoms with E-state index in [-0.39, 0.29) is 6.04 Å². The zero-order valence-corrected chi connectivity index (χ0v) is 12.0. The number of imidazole rings is 1. The monoisotopic (exact) mass is 285 g/mol. The summed E-state index contributed by atoms with van der Waals surface area (Å²) in [5.41, 5.74) is 1.40. The van der Waals surface area contributed by atoms with Crippen LogP contribution in [0.25, 0.3) is 0 Å². The Hall–Kier alpha value is -2.14. The third-order valence-electron chi connectivity index (χ3n) is 3.96. The van der Waals surface area contributed by atoms with Crippen molar-refractivity contribution in [2.75, 3.05) is 0 Å². The van der Waals surface area contributed by atoms with E-state index in [2.05, 4.69) is 14.9 Å². The number of carbonyl (C=O) groups is 1. The minimum Gasteiger partial charge on any atom is -0.478 e. The van der Waals surface area contributed by atoms with Gasteiger partial charge in [0.1, 0.15) is 5.82 Å². The zero-order valence-electron chi connectivity index (χ0n) is 12.0. The van der Waals surface area contributed by atoms with Crippen LogP contribution in [0.5, 0.6) is 0 Å². The van der Waals surface area contributed by atoms with Crippen molar-refractivity contribution in [2.45, 2.75) is 25.4 Å². The van der Waals surface area contributed by atoms with Crippen LogP contribution in [-0.2, 0) is 13.6 Å². The van der Waals surface area contributed by atoms with Gasteiger partial charge >= 0.3 is 5.97 Å². The fourth-order valence-electron chi connectivity index (χ4n) is 2.57. The van der Waals surface area contributed by atoms with Gasteiger partial charge in [-0.15, -0.1) is 0 Å². The van der Waals surface area contributed by atoms with Crippen LogP contribution in [0.1, 0.15) is 40.6 Å². The smallest absolute Gasteiger partial charge is 0.335 e. The summed E-state index contributed by atoms with van der Waals surface area (Å²) in [6.07, 6.45) is 6.27. The normalized spacial score (nSPS) is 15.9. The molecular weight excluding hydrogens is 266 g/mol. The Balaban J connectivity index is 1.67. The van der Waals surface area contributed by atoms with Gasteiger partial charge in [0.25, 0.3) is 0 Å². The maximum atomic E-state index is 10.8. The average Bonchev–Trinajstić information content (AvgIpc) is 3.23. The second kappa shape index (κ2) is 5.69. The first-order valence-corrected chi connectivity index (χ1v) is 7.18. The number of carboxylic acids is 1. The van der Waals surface area contributed by atoms with Crippen LogP contribution < -0.4 is 5.32 Å². The van der Waals surface area contributed by atoms with Crippen molar-refractivity contribution in [3.63, 3.8) is 0 Å². The molecule has 0 aliphatic heterocycles. The molecule has 2 aromatic rings. The number of rotatable bonds is 6. The van der Waals surface area contributed by atoms with Crippen molar-refractivity contribution in [1.29, 1.82) is 0 Å². The average molecular weight is 285 g/mol. The molecule has 0 radical (unpaired) electrons. The summed E-state index contributed by atoms with van der Waals surface area (Å²) in [6.45, 7) is 0.716. The summed E-state index contributed by atoms with van der Waals surface area (Å²) in [6, 6.07) is 7.28. The lowest BCUT2D eigenvalue weighted by atomic mass is 10.1. The van der Waals surface area contributed by atoms with E-state index in [4.69, 9.17) is 5.11 Å². The lowest BCUT2D eigenvalue weighted by Crippen LogP contribution is -2.25. The van der Waals surface area contributed by atoms with Gasteiger partial charge in [0.05, 0.1) is 11.6 Å². The molecule has 1 unspecified atom stereocenters. The largest absolute Gasteiger partial charge is 0.478 e. The summed E-state index contributed by atoms with van der Waals surface area (Å²) in [7, 11) is 2.01. The Morgan fingerprint density at radius 1 is 1.43 bits per heavy atom. The van der Waals surface area contributed by atoms with Crippen molar-refractivity contribution in [1.82, 2.24) is 14.9 Å². The van der Waals surface area contributed by atoms with E-state index in [0.717, 1.165) is 11.4 Å². The van der Waals surface area contributed by atoms with Gasteiger partial charge in [-0.3, -0.25) is 0 Å². The van der Waals surface area contributed by atoms with Crippen LogP contribution in [0.15, 0.2) is 36.7 Å². The van der Waals surface area contributed by atoms with E-state index < -0.39 is 5.97 Å². The highest BCUT2D eigenvalue weighted by atomic mass is 16.4. The number of aromatic nitrogens is 2. The third kappa shape index (κ3) is 3.13. The second-order valence-electron chi connectivity index (χ2n) is 5.59. The minimum absolute atomic E-state index is 0.268. The van der Waals surface area contributed by atoms with Crippen molar-refractivity contribution in [3.05, 3.63) is 53.6 Å². The zero-order chi connectivity index (χ0) is 14.8. The van der Waals surface area contributed by atoms with Gasteiger partial charge in [0.15, 0.2) is 0 Å². The Morgan fingerprint density at radius 3 is 2.67 bits per heavy atom. The summed E-state index contributed by atoms with van der Waals surface area (Å²) in [5.74, 6) is 0.836. The lowest BCUT2D eigenvalue weighted by Gasteiger charge is -2.18. The molecule has 1 aliphatic carbocycles. The molecule has 1 heterocycles. The van der Waals surface area contributed by atoms with Crippen molar-refractivity contribution < 1.29 is 9.90 Å². The van der Waals surface area contributed by atoms with Crippen LogP contribution in [0, 0.1) is 5.92 Å². The molecule has 110 valence electrons. The quantitative estimate of drug-likeness (QED) is 0.855. The first-order valence-electron chi connectivity index (χ1n) is 7.18. The molecule has 3 rings (SSSR count). The standard InChI is InChI=1S/C16H19N3O2/c1-19-9-8-17-15(19)14(12-6-7-12)18-10-11-2-4-13(5-3-11)16(20)21/h2-5,8-9,12,14,18H,6-7,10H2,1H3,(H,20,21). The topological polar surface area (TPSA) is 67.2 Å². The number of aryl methyl sites for hydroxylation is 1. The Kier molecular flexibility index (Phi) is 3.75. The van der Waals surface area contributed by atoms with Gasteiger partial charge < -0.3 is 15.0 Å². The number of aromatic carboxylic acids is 1. The summed E-state index contributed by atoms with van der Waals surface area (Å²) in [5, 5.41) is 12.5. The molecule has 2 N–H and O–H groups in total. The van der Waals surface area contributed by atoms with Crippen molar-refractivity contribution in [3.8, 4) is 0 Å². The predicted octanol–water partition coefficient (Wildman–Crippen LogP) is 2.36. The van der Waals surface area contributed by atoms with Crippen LogP contribution in [0.4, 0.5) is 0 Å². The highest BCUT2D eigenvalue weighted by Crippen LogP contribution is 2.40. The maximum Gasteiger partial charge on any atom is 0.335 e. The fourth-order valence-corrected chi connectivity index (χ4v) is 2.57. The van der Waals surface area contributed by atoms with E-state index in [1.165, 1.54) is 12.8 Å². The molecule has 21 heavy (non-hydrogen) atoms. The Labute approximate surface area is 123 Å². The number of benzene rings is 1. The van der Waals surface area contributed by atoms with Gasteiger partial charge in [0.2, 0.25) is 0 Å². The molecule has 0 saturated heterocycles. The molecule has 1 atom stereocenters. The maximum absolute atomic E-state index is 10.8. The van der Waals surface area contributed by atoms with Crippen LogP contribution >= 0.6 is 0 Å². The molecular formula is C16H19N3O2. The van der Waals surface area contributed by atoms with Crippen LogP contribution in [0.3, 0.4) is 0 Å².